The second kappa shape index (κ2) is 5.48. The molecule has 0 bridgehead atoms. The molecule has 1 unspecified atom stereocenters. The molecule has 5 heteroatoms. The highest BCUT2D eigenvalue weighted by Gasteiger charge is 2.18. The van der Waals surface area contributed by atoms with Crippen LogP contribution in [0, 0.1) is 17.0 Å². The van der Waals surface area contributed by atoms with E-state index in [1.807, 2.05) is 26.0 Å². The summed E-state index contributed by atoms with van der Waals surface area (Å²) in [7, 11) is 0. The van der Waals surface area contributed by atoms with Crippen molar-refractivity contribution < 1.29 is 4.92 Å². The molecule has 1 heterocycles. The summed E-state index contributed by atoms with van der Waals surface area (Å²) < 4.78 is 0. The Morgan fingerprint density at radius 3 is 2.68 bits per heavy atom. The van der Waals surface area contributed by atoms with Crippen LogP contribution in [0.5, 0.6) is 0 Å². The van der Waals surface area contributed by atoms with Gasteiger partial charge in [-0.15, -0.1) is 0 Å². The molecule has 0 spiro atoms. The van der Waals surface area contributed by atoms with E-state index in [0.717, 1.165) is 11.4 Å². The number of nitro groups is 1. The zero-order valence-corrected chi connectivity index (χ0v) is 10.8. The Kier molecular flexibility index (Phi) is 3.75. The minimum absolute atomic E-state index is 0.129. The number of nitro benzene ring substituents is 1. The summed E-state index contributed by atoms with van der Waals surface area (Å²) in [5.74, 6) is 0. The number of aryl methyl sites for hydroxylation is 1. The summed E-state index contributed by atoms with van der Waals surface area (Å²) in [5, 5.41) is 14.3. The van der Waals surface area contributed by atoms with Crippen molar-refractivity contribution in [2.75, 3.05) is 5.32 Å². The molecule has 0 saturated carbocycles. The van der Waals surface area contributed by atoms with Gasteiger partial charge in [-0.25, -0.2) is 0 Å². The molecule has 5 nitrogen and oxygen atoms in total. The molecule has 0 fully saturated rings. The van der Waals surface area contributed by atoms with Crippen molar-refractivity contribution in [1.82, 2.24) is 4.98 Å². The SMILES string of the molecule is Cc1ncccc1NC(C)c1ccccc1[N+](=O)[O-]. The van der Waals surface area contributed by atoms with Gasteiger partial charge in [-0.2, -0.15) is 0 Å². The normalized spacial score (nSPS) is 11.9. The molecule has 0 aliphatic carbocycles. The van der Waals surface area contributed by atoms with E-state index in [9.17, 15) is 10.1 Å². The van der Waals surface area contributed by atoms with E-state index >= 15 is 0 Å². The van der Waals surface area contributed by atoms with Crippen molar-refractivity contribution in [3.63, 3.8) is 0 Å². The Balaban J connectivity index is 2.28. The van der Waals surface area contributed by atoms with Gasteiger partial charge in [-0.1, -0.05) is 18.2 Å². The van der Waals surface area contributed by atoms with Crippen LogP contribution in [-0.2, 0) is 0 Å². The summed E-state index contributed by atoms with van der Waals surface area (Å²) in [4.78, 5) is 14.8. The van der Waals surface area contributed by atoms with Crippen LogP contribution in [0.3, 0.4) is 0 Å². The first kappa shape index (κ1) is 13.0. The van der Waals surface area contributed by atoms with Crippen LogP contribution >= 0.6 is 0 Å². The maximum Gasteiger partial charge on any atom is 0.274 e. The van der Waals surface area contributed by atoms with Gasteiger partial charge in [-0.05, 0) is 26.0 Å². The van der Waals surface area contributed by atoms with Gasteiger partial charge in [-0.3, -0.25) is 15.1 Å². The minimum atomic E-state index is -0.358. The van der Waals surface area contributed by atoms with Gasteiger partial charge in [0, 0.05) is 12.3 Å². The molecule has 2 aromatic rings. The highest BCUT2D eigenvalue weighted by molar-refractivity contribution is 5.51. The predicted octanol–water partition coefficient (Wildman–Crippen LogP) is 3.47. The number of nitrogens with zero attached hydrogens (tertiary/aromatic N) is 2. The lowest BCUT2D eigenvalue weighted by atomic mass is 10.1. The standard InChI is InChI=1S/C14H15N3O2/c1-10(16-13-7-5-9-15-11(13)2)12-6-3-4-8-14(12)17(18)19/h3-10,16H,1-2H3. The third-order valence-electron chi connectivity index (χ3n) is 2.98. The van der Waals surface area contributed by atoms with Gasteiger partial charge < -0.3 is 5.32 Å². The van der Waals surface area contributed by atoms with Gasteiger partial charge in [0.05, 0.1) is 27.9 Å². The lowest BCUT2D eigenvalue weighted by Gasteiger charge is -2.16. The molecule has 1 aromatic heterocycles. The summed E-state index contributed by atoms with van der Waals surface area (Å²) in [6, 6.07) is 10.3. The number of benzene rings is 1. The topological polar surface area (TPSA) is 68.1 Å². The first-order valence-electron chi connectivity index (χ1n) is 6.01. The number of para-hydroxylation sites is 1. The van der Waals surface area contributed by atoms with Crippen molar-refractivity contribution >= 4 is 11.4 Å². The van der Waals surface area contributed by atoms with Crippen LogP contribution in [0.4, 0.5) is 11.4 Å². The first-order valence-corrected chi connectivity index (χ1v) is 6.01. The number of aromatic nitrogens is 1. The molecule has 1 atom stereocenters. The average molecular weight is 257 g/mol. The summed E-state index contributed by atoms with van der Waals surface area (Å²) >= 11 is 0. The maximum atomic E-state index is 11.0. The molecule has 1 aromatic carbocycles. The molecule has 98 valence electrons. The Morgan fingerprint density at radius 1 is 1.26 bits per heavy atom. The van der Waals surface area contributed by atoms with E-state index in [4.69, 9.17) is 0 Å². The predicted molar refractivity (Wildman–Crippen MR) is 74.1 cm³/mol. The monoisotopic (exact) mass is 257 g/mol. The number of hydrogen-bond donors (Lipinski definition) is 1. The van der Waals surface area contributed by atoms with Crippen molar-refractivity contribution in [3.05, 3.63) is 64.0 Å². The molecule has 0 radical (unpaired) electrons. The highest BCUT2D eigenvalue weighted by atomic mass is 16.6. The van der Waals surface area contributed by atoms with Gasteiger partial charge in [0.1, 0.15) is 0 Å². The lowest BCUT2D eigenvalue weighted by Crippen LogP contribution is -2.10. The van der Waals surface area contributed by atoms with E-state index in [1.165, 1.54) is 6.07 Å². The number of pyridine rings is 1. The van der Waals surface area contributed by atoms with Crippen molar-refractivity contribution in [3.8, 4) is 0 Å². The van der Waals surface area contributed by atoms with E-state index in [-0.39, 0.29) is 16.7 Å². The van der Waals surface area contributed by atoms with Crippen LogP contribution in [0.25, 0.3) is 0 Å². The zero-order valence-electron chi connectivity index (χ0n) is 10.8. The third-order valence-corrected chi connectivity index (χ3v) is 2.98. The van der Waals surface area contributed by atoms with E-state index in [0.29, 0.717) is 5.56 Å². The smallest absolute Gasteiger partial charge is 0.274 e. The molecular formula is C14H15N3O2. The molecule has 19 heavy (non-hydrogen) atoms. The summed E-state index contributed by atoms with van der Waals surface area (Å²) in [5.41, 5.74) is 2.54. The van der Waals surface area contributed by atoms with Gasteiger partial charge >= 0.3 is 0 Å². The molecule has 1 N–H and O–H groups in total. The maximum absolute atomic E-state index is 11.0. The highest BCUT2D eigenvalue weighted by Crippen LogP contribution is 2.27. The number of hydrogen-bond acceptors (Lipinski definition) is 4. The van der Waals surface area contributed by atoms with E-state index in [2.05, 4.69) is 10.3 Å². The molecule has 0 saturated heterocycles. The molecule has 0 amide bonds. The average Bonchev–Trinajstić information content (AvgIpc) is 2.41. The lowest BCUT2D eigenvalue weighted by molar-refractivity contribution is -0.385. The Morgan fingerprint density at radius 2 is 2.00 bits per heavy atom. The van der Waals surface area contributed by atoms with Gasteiger partial charge in [0.25, 0.3) is 5.69 Å². The summed E-state index contributed by atoms with van der Waals surface area (Å²) in [6.07, 6.45) is 1.72. The van der Waals surface area contributed by atoms with E-state index < -0.39 is 0 Å². The van der Waals surface area contributed by atoms with E-state index in [1.54, 1.807) is 24.4 Å². The number of rotatable bonds is 4. The van der Waals surface area contributed by atoms with Gasteiger partial charge in [0.15, 0.2) is 0 Å². The Labute approximate surface area is 111 Å². The largest absolute Gasteiger partial charge is 0.377 e. The number of nitrogens with one attached hydrogen (secondary N) is 1. The molecule has 0 aliphatic heterocycles. The fourth-order valence-corrected chi connectivity index (χ4v) is 1.97. The van der Waals surface area contributed by atoms with Crippen LogP contribution in [0.2, 0.25) is 0 Å². The fraction of sp³-hybridized carbons (Fsp3) is 0.214. The van der Waals surface area contributed by atoms with Crippen molar-refractivity contribution in [1.29, 1.82) is 0 Å². The Bertz CT molecular complexity index is 599. The Hall–Kier alpha value is -2.43. The molecule has 2 rings (SSSR count). The quantitative estimate of drug-likeness (QED) is 0.672. The van der Waals surface area contributed by atoms with Crippen LogP contribution < -0.4 is 5.32 Å². The second-order valence-corrected chi connectivity index (χ2v) is 4.32. The fourth-order valence-electron chi connectivity index (χ4n) is 1.97. The van der Waals surface area contributed by atoms with Crippen molar-refractivity contribution in [2.24, 2.45) is 0 Å². The molecular weight excluding hydrogens is 242 g/mol. The van der Waals surface area contributed by atoms with Gasteiger partial charge in [0.2, 0.25) is 0 Å². The summed E-state index contributed by atoms with van der Waals surface area (Å²) in [6.45, 7) is 3.79. The third kappa shape index (κ3) is 2.88. The first-order chi connectivity index (χ1) is 9.09. The van der Waals surface area contributed by atoms with Crippen LogP contribution in [-0.4, -0.2) is 9.91 Å². The van der Waals surface area contributed by atoms with Crippen molar-refractivity contribution in [2.45, 2.75) is 19.9 Å². The minimum Gasteiger partial charge on any atom is -0.377 e. The number of anilines is 1. The molecule has 0 aliphatic rings. The van der Waals surface area contributed by atoms with Crippen LogP contribution in [0.1, 0.15) is 24.2 Å². The zero-order chi connectivity index (χ0) is 13.8. The van der Waals surface area contributed by atoms with Crippen LogP contribution in [0.15, 0.2) is 42.6 Å². The second-order valence-electron chi connectivity index (χ2n) is 4.32.